The number of guanidine groups is 1. The van der Waals surface area contributed by atoms with E-state index in [9.17, 15) is 0 Å². The summed E-state index contributed by atoms with van der Waals surface area (Å²) in [6, 6.07) is 7.46. The third kappa shape index (κ3) is 6.01. The van der Waals surface area contributed by atoms with Crippen LogP contribution in [-0.2, 0) is 13.0 Å². The highest BCUT2D eigenvalue weighted by molar-refractivity contribution is 14.0. The van der Waals surface area contributed by atoms with Crippen LogP contribution in [0.25, 0.3) is 0 Å². The summed E-state index contributed by atoms with van der Waals surface area (Å²) in [5.41, 5.74) is 0.972. The number of hydrogen-bond acceptors (Lipinski definition) is 5. The van der Waals surface area contributed by atoms with Gasteiger partial charge in [-0.3, -0.25) is 4.99 Å². The van der Waals surface area contributed by atoms with Crippen molar-refractivity contribution in [2.24, 2.45) is 4.99 Å². The van der Waals surface area contributed by atoms with Gasteiger partial charge < -0.3 is 29.3 Å². The van der Waals surface area contributed by atoms with Crippen molar-refractivity contribution in [3.8, 4) is 17.2 Å². The molecule has 144 valence electrons. The van der Waals surface area contributed by atoms with Crippen molar-refractivity contribution in [1.29, 1.82) is 0 Å². The molecule has 0 radical (unpaired) electrons. The number of benzene rings is 1. The molecule has 0 aliphatic heterocycles. The Balaban J connectivity index is 0.00000338. The van der Waals surface area contributed by atoms with Gasteiger partial charge in [-0.25, -0.2) is 0 Å². The van der Waals surface area contributed by atoms with Crippen LogP contribution in [0.4, 0.5) is 0 Å². The van der Waals surface area contributed by atoms with Gasteiger partial charge in [0.2, 0.25) is 0 Å². The first-order valence-corrected chi connectivity index (χ1v) is 7.97. The summed E-state index contributed by atoms with van der Waals surface area (Å²) in [5, 5.41) is 6.46. The Bertz CT molecular complexity index is 665. The van der Waals surface area contributed by atoms with E-state index in [0.29, 0.717) is 31.2 Å². The number of hydrogen-bond donors (Lipinski definition) is 2. The molecular weight excluding hydrogens is 449 g/mol. The van der Waals surface area contributed by atoms with E-state index >= 15 is 0 Å². The van der Waals surface area contributed by atoms with Gasteiger partial charge in [-0.05, 0) is 18.6 Å². The summed E-state index contributed by atoms with van der Waals surface area (Å²) in [6.45, 7) is 1.23. The molecule has 0 atom stereocenters. The molecule has 2 N–H and O–H groups in total. The first-order chi connectivity index (χ1) is 12.2. The summed E-state index contributed by atoms with van der Waals surface area (Å²) in [4.78, 5) is 4.20. The third-order valence-corrected chi connectivity index (χ3v) is 3.72. The molecule has 0 saturated carbocycles. The van der Waals surface area contributed by atoms with Gasteiger partial charge in [0.05, 0.1) is 34.1 Å². The van der Waals surface area contributed by atoms with E-state index in [1.165, 1.54) is 0 Å². The van der Waals surface area contributed by atoms with E-state index in [2.05, 4.69) is 15.6 Å². The van der Waals surface area contributed by atoms with E-state index in [1.807, 2.05) is 24.3 Å². The van der Waals surface area contributed by atoms with Crippen LogP contribution in [-0.4, -0.2) is 40.9 Å². The monoisotopic (exact) mass is 475 g/mol. The molecule has 0 amide bonds. The molecule has 1 aromatic carbocycles. The molecular formula is C18H26IN3O4. The molecule has 7 nitrogen and oxygen atoms in total. The molecule has 1 aromatic heterocycles. The molecule has 0 unspecified atom stereocenters. The maximum atomic E-state index is 5.46. The lowest BCUT2D eigenvalue weighted by molar-refractivity contribution is 0.368. The van der Waals surface area contributed by atoms with Crippen LogP contribution in [0.15, 0.2) is 39.9 Å². The van der Waals surface area contributed by atoms with Crippen LogP contribution in [0.2, 0.25) is 0 Å². The van der Waals surface area contributed by atoms with Crippen molar-refractivity contribution >= 4 is 29.9 Å². The fraction of sp³-hybridized carbons (Fsp3) is 0.389. The quantitative estimate of drug-likeness (QED) is 0.348. The number of methoxy groups -OCH3 is 3. The predicted molar refractivity (Wildman–Crippen MR) is 112 cm³/mol. The molecule has 2 rings (SSSR count). The number of rotatable bonds is 8. The van der Waals surface area contributed by atoms with Crippen LogP contribution in [0, 0.1) is 0 Å². The molecule has 8 heteroatoms. The molecule has 0 aliphatic rings. The van der Waals surface area contributed by atoms with Gasteiger partial charge in [-0.15, -0.1) is 24.0 Å². The molecule has 2 aromatic rings. The highest BCUT2D eigenvalue weighted by Crippen LogP contribution is 2.34. The molecule has 26 heavy (non-hydrogen) atoms. The summed E-state index contributed by atoms with van der Waals surface area (Å²) in [5.74, 6) is 3.71. The lowest BCUT2D eigenvalue weighted by Gasteiger charge is -2.16. The topological polar surface area (TPSA) is 77.3 Å². The second-order valence-corrected chi connectivity index (χ2v) is 5.19. The fourth-order valence-corrected chi connectivity index (χ4v) is 2.43. The van der Waals surface area contributed by atoms with E-state index in [-0.39, 0.29) is 24.0 Å². The lowest BCUT2D eigenvalue weighted by Crippen LogP contribution is -2.37. The fourth-order valence-electron chi connectivity index (χ4n) is 2.43. The minimum absolute atomic E-state index is 0. The van der Waals surface area contributed by atoms with Crippen molar-refractivity contribution in [3.05, 3.63) is 41.9 Å². The van der Waals surface area contributed by atoms with Crippen molar-refractivity contribution in [3.63, 3.8) is 0 Å². The highest BCUT2D eigenvalue weighted by Gasteiger charge is 2.13. The molecule has 0 bridgehead atoms. The first kappa shape index (κ1) is 21.9. The largest absolute Gasteiger partial charge is 0.496 e. The smallest absolute Gasteiger partial charge is 0.191 e. The Hall–Kier alpha value is -2.10. The standard InChI is InChI=1S/C18H25N3O4.HI/c1-19-18(21-12-13-6-5-9-25-13)20-8-7-15-16(23-3)10-14(22-2)11-17(15)24-4;/h5-6,9-11H,7-8,12H2,1-4H3,(H2,19,20,21);1H. The number of halogens is 1. The Kier molecular flexibility index (Phi) is 9.71. The second kappa shape index (κ2) is 11.5. The van der Waals surface area contributed by atoms with Crippen LogP contribution >= 0.6 is 24.0 Å². The van der Waals surface area contributed by atoms with Crippen LogP contribution in [0.1, 0.15) is 11.3 Å². The Morgan fingerprint density at radius 1 is 1.08 bits per heavy atom. The van der Waals surface area contributed by atoms with Crippen LogP contribution in [0.5, 0.6) is 17.2 Å². The minimum Gasteiger partial charge on any atom is -0.496 e. The molecule has 0 spiro atoms. The van der Waals surface area contributed by atoms with Crippen LogP contribution in [0.3, 0.4) is 0 Å². The van der Waals surface area contributed by atoms with Gasteiger partial charge in [0.1, 0.15) is 23.0 Å². The van der Waals surface area contributed by atoms with E-state index in [1.54, 1.807) is 34.6 Å². The number of nitrogens with one attached hydrogen (secondary N) is 2. The predicted octanol–water partition coefficient (Wildman–Crippen LogP) is 2.83. The van der Waals surface area contributed by atoms with Gasteiger partial charge in [0, 0.05) is 31.3 Å². The zero-order chi connectivity index (χ0) is 18.1. The molecule has 0 saturated heterocycles. The summed E-state index contributed by atoms with van der Waals surface area (Å²) in [6.07, 6.45) is 2.35. The first-order valence-electron chi connectivity index (χ1n) is 7.97. The maximum Gasteiger partial charge on any atom is 0.191 e. The minimum atomic E-state index is 0. The Morgan fingerprint density at radius 2 is 1.77 bits per heavy atom. The molecule has 0 aliphatic carbocycles. The zero-order valence-electron chi connectivity index (χ0n) is 15.5. The van der Waals surface area contributed by atoms with E-state index < -0.39 is 0 Å². The molecule has 1 heterocycles. The summed E-state index contributed by atoms with van der Waals surface area (Å²) >= 11 is 0. The van der Waals surface area contributed by atoms with Gasteiger partial charge >= 0.3 is 0 Å². The normalized spacial score (nSPS) is 10.7. The highest BCUT2D eigenvalue weighted by atomic mass is 127. The Morgan fingerprint density at radius 3 is 2.27 bits per heavy atom. The van der Waals surface area contributed by atoms with Gasteiger partial charge in [0.15, 0.2) is 5.96 Å². The van der Waals surface area contributed by atoms with Crippen molar-refractivity contribution in [2.45, 2.75) is 13.0 Å². The lowest BCUT2D eigenvalue weighted by atomic mass is 10.1. The number of nitrogens with zero attached hydrogens (tertiary/aromatic N) is 1. The van der Waals surface area contributed by atoms with E-state index in [4.69, 9.17) is 18.6 Å². The average molecular weight is 475 g/mol. The Labute approximate surface area is 171 Å². The summed E-state index contributed by atoms with van der Waals surface area (Å²) < 4.78 is 21.5. The van der Waals surface area contributed by atoms with Gasteiger partial charge in [-0.2, -0.15) is 0 Å². The SMILES string of the molecule is CN=C(NCCc1c(OC)cc(OC)cc1OC)NCc1ccco1.I. The number of ether oxygens (including phenoxy) is 3. The van der Waals surface area contributed by atoms with Crippen molar-refractivity contribution < 1.29 is 18.6 Å². The maximum absolute atomic E-state index is 5.46. The van der Waals surface area contributed by atoms with E-state index in [0.717, 1.165) is 22.8 Å². The van der Waals surface area contributed by atoms with Crippen LogP contribution < -0.4 is 24.8 Å². The van der Waals surface area contributed by atoms with Crippen molar-refractivity contribution in [2.75, 3.05) is 34.9 Å². The third-order valence-electron chi connectivity index (χ3n) is 3.72. The van der Waals surface area contributed by atoms with Crippen molar-refractivity contribution in [1.82, 2.24) is 10.6 Å². The van der Waals surface area contributed by atoms with Gasteiger partial charge in [0.25, 0.3) is 0 Å². The summed E-state index contributed by atoms with van der Waals surface area (Å²) in [7, 11) is 6.61. The number of furan rings is 1. The number of aliphatic imine (C=N–C) groups is 1. The second-order valence-electron chi connectivity index (χ2n) is 5.19. The zero-order valence-corrected chi connectivity index (χ0v) is 17.8. The average Bonchev–Trinajstić information content (AvgIpc) is 3.17. The van der Waals surface area contributed by atoms with Gasteiger partial charge in [-0.1, -0.05) is 0 Å². The molecule has 0 fully saturated rings.